The molecule has 0 aliphatic carbocycles. The summed E-state index contributed by atoms with van der Waals surface area (Å²) in [6.07, 6.45) is 2.00. The summed E-state index contributed by atoms with van der Waals surface area (Å²) in [4.78, 5) is 35.7. The van der Waals surface area contributed by atoms with E-state index >= 15 is 0 Å². The lowest BCUT2D eigenvalue weighted by Gasteiger charge is -2.15. The van der Waals surface area contributed by atoms with Crippen LogP contribution >= 0.6 is 0 Å². The molecule has 3 aromatic carbocycles. The van der Waals surface area contributed by atoms with E-state index in [0.29, 0.717) is 19.4 Å². The minimum atomic E-state index is -1.06. The van der Waals surface area contributed by atoms with Gasteiger partial charge < -0.3 is 20.5 Å². The number of hydrogen-bond donors (Lipinski definition) is 3. The number of alkyl carbamates (subject to hydrolysis) is 1. The van der Waals surface area contributed by atoms with Gasteiger partial charge in [-0.3, -0.25) is 4.79 Å². The summed E-state index contributed by atoms with van der Waals surface area (Å²) in [5.74, 6) is -1.35. The number of carbonyl (C=O) groups is 3. The van der Waals surface area contributed by atoms with Gasteiger partial charge >= 0.3 is 12.1 Å². The van der Waals surface area contributed by atoms with Gasteiger partial charge in [-0.1, -0.05) is 91.3 Å². The molecule has 0 fully saturated rings. The summed E-state index contributed by atoms with van der Waals surface area (Å²) in [6, 6.07) is 26.1. The Kier molecular flexibility index (Phi) is 10.5. The quantitative estimate of drug-likeness (QED) is 0.295. The van der Waals surface area contributed by atoms with Crippen LogP contribution in [0.3, 0.4) is 0 Å². The Balaban J connectivity index is 1.31. The van der Waals surface area contributed by atoms with Crippen molar-refractivity contribution in [3.8, 4) is 11.1 Å². The predicted molar refractivity (Wildman–Crippen MR) is 138 cm³/mol. The zero-order valence-electron chi connectivity index (χ0n) is 20.2. The average molecular weight is 489 g/mol. The maximum Gasteiger partial charge on any atom is 0.407 e. The van der Waals surface area contributed by atoms with Crippen molar-refractivity contribution in [1.82, 2.24) is 10.6 Å². The van der Waals surface area contributed by atoms with Gasteiger partial charge in [-0.2, -0.15) is 0 Å². The van der Waals surface area contributed by atoms with E-state index in [-0.39, 0.29) is 25.4 Å². The number of ether oxygens (including phenoxy) is 1. The number of carbonyl (C=O) groups excluding carboxylic acids is 2. The number of hydrogen-bond acceptors (Lipinski definition) is 4. The van der Waals surface area contributed by atoms with E-state index in [9.17, 15) is 19.5 Å². The summed E-state index contributed by atoms with van der Waals surface area (Å²) in [5.41, 5.74) is 3.90. The molecule has 0 spiro atoms. The molecule has 7 heteroatoms. The highest BCUT2D eigenvalue weighted by molar-refractivity contribution is 5.83. The number of aliphatic carboxylic acids is 1. The van der Waals surface area contributed by atoms with Crippen LogP contribution < -0.4 is 10.6 Å². The van der Waals surface area contributed by atoms with Crippen molar-refractivity contribution >= 4 is 18.0 Å². The van der Waals surface area contributed by atoms with E-state index in [0.717, 1.165) is 28.7 Å². The molecule has 7 nitrogen and oxygen atoms in total. The molecule has 2 amide bonds. The Morgan fingerprint density at radius 2 is 1.39 bits per heavy atom. The summed E-state index contributed by atoms with van der Waals surface area (Å²) >= 11 is 0. The number of unbranched alkanes of at least 4 members (excludes halogenated alkanes) is 2. The molecule has 0 heterocycles. The highest BCUT2D eigenvalue weighted by atomic mass is 16.5. The molecule has 188 valence electrons. The second-order valence-electron chi connectivity index (χ2n) is 8.52. The predicted octanol–water partition coefficient (Wildman–Crippen LogP) is 4.95. The number of amides is 2. The highest BCUT2D eigenvalue weighted by Crippen LogP contribution is 2.19. The SMILES string of the molecule is O=C(CCCCCNC(=O)OCc1ccccc1)N[C@@H](Cc1ccc(-c2ccccc2)cc1)C(=O)O. The van der Waals surface area contributed by atoms with Crippen LogP contribution in [0.25, 0.3) is 11.1 Å². The van der Waals surface area contributed by atoms with Gasteiger partial charge in [-0.05, 0) is 35.1 Å². The van der Waals surface area contributed by atoms with Crippen molar-refractivity contribution in [3.63, 3.8) is 0 Å². The lowest BCUT2D eigenvalue weighted by molar-refractivity contribution is -0.141. The van der Waals surface area contributed by atoms with Gasteiger partial charge in [0, 0.05) is 19.4 Å². The zero-order valence-corrected chi connectivity index (χ0v) is 20.2. The maximum absolute atomic E-state index is 12.3. The van der Waals surface area contributed by atoms with Crippen LogP contribution in [-0.2, 0) is 27.4 Å². The average Bonchev–Trinajstić information content (AvgIpc) is 2.90. The Morgan fingerprint density at radius 1 is 0.750 bits per heavy atom. The summed E-state index contributed by atoms with van der Waals surface area (Å²) in [5, 5.41) is 14.9. The van der Waals surface area contributed by atoms with Crippen molar-refractivity contribution in [3.05, 3.63) is 96.1 Å². The topological polar surface area (TPSA) is 105 Å². The molecule has 3 aromatic rings. The van der Waals surface area contributed by atoms with Crippen LogP contribution in [0.1, 0.15) is 36.8 Å². The van der Waals surface area contributed by atoms with Crippen LogP contribution in [0.5, 0.6) is 0 Å². The first-order valence-corrected chi connectivity index (χ1v) is 12.1. The molecular formula is C29H32N2O5. The third-order valence-corrected chi connectivity index (χ3v) is 5.70. The number of rotatable bonds is 13. The van der Waals surface area contributed by atoms with Gasteiger partial charge in [0.1, 0.15) is 12.6 Å². The van der Waals surface area contributed by atoms with Crippen LogP contribution in [0, 0.1) is 0 Å². The van der Waals surface area contributed by atoms with Gasteiger partial charge in [-0.15, -0.1) is 0 Å². The van der Waals surface area contributed by atoms with E-state index < -0.39 is 18.1 Å². The normalized spacial score (nSPS) is 11.3. The Labute approximate surface area is 211 Å². The first-order chi connectivity index (χ1) is 17.5. The molecule has 1 atom stereocenters. The Bertz CT molecular complexity index is 1100. The Hall–Kier alpha value is -4.13. The van der Waals surface area contributed by atoms with Crippen molar-refractivity contribution < 1.29 is 24.2 Å². The molecule has 0 saturated heterocycles. The molecule has 0 aliphatic rings. The molecule has 3 N–H and O–H groups in total. The molecule has 3 rings (SSSR count). The fourth-order valence-corrected chi connectivity index (χ4v) is 3.72. The molecule has 0 saturated carbocycles. The molecule has 0 radical (unpaired) electrons. The minimum absolute atomic E-state index is 0.213. The van der Waals surface area contributed by atoms with E-state index in [1.54, 1.807) is 0 Å². The third kappa shape index (κ3) is 9.25. The van der Waals surface area contributed by atoms with Gasteiger partial charge in [0.05, 0.1) is 0 Å². The van der Waals surface area contributed by atoms with Gasteiger partial charge in [0.2, 0.25) is 5.91 Å². The molecule has 0 unspecified atom stereocenters. The first kappa shape index (κ1) is 26.5. The van der Waals surface area contributed by atoms with Crippen molar-refractivity contribution in [2.24, 2.45) is 0 Å². The third-order valence-electron chi connectivity index (χ3n) is 5.70. The van der Waals surface area contributed by atoms with Crippen LogP contribution in [0.4, 0.5) is 4.79 Å². The summed E-state index contributed by atoms with van der Waals surface area (Å²) in [6.45, 7) is 0.667. The smallest absolute Gasteiger partial charge is 0.407 e. The second kappa shape index (κ2) is 14.3. The largest absolute Gasteiger partial charge is 0.480 e. The van der Waals surface area contributed by atoms with Crippen LogP contribution in [0.15, 0.2) is 84.9 Å². The first-order valence-electron chi connectivity index (χ1n) is 12.1. The molecular weight excluding hydrogens is 456 g/mol. The molecule has 0 bridgehead atoms. The van der Waals surface area contributed by atoms with Crippen LogP contribution in [0.2, 0.25) is 0 Å². The molecule has 36 heavy (non-hydrogen) atoms. The molecule has 0 aliphatic heterocycles. The lowest BCUT2D eigenvalue weighted by atomic mass is 10.0. The fourth-order valence-electron chi connectivity index (χ4n) is 3.72. The van der Waals surface area contributed by atoms with Gasteiger partial charge in [0.25, 0.3) is 0 Å². The summed E-state index contributed by atoms with van der Waals surface area (Å²) < 4.78 is 5.15. The minimum Gasteiger partial charge on any atom is -0.480 e. The number of carboxylic acids is 1. The van der Waals surface area contributed by atoms with Gasteiger partial charge in [0.15, 0.2) is 0 Å². The van der Waals surface area contributed by atoms with E-state index in [4.69, 9.17) is 4.74 Å². The van der Waals surface area contributed by atoms with Crippen molar-refractivity contribution in [2.75, 3.05) is 6.54 Å². The van der Waals surface area contributed by atoms with Crippen LogP contribution in [-0.4, -0.2) is 35.7 Å². The summed E-state index contributed by atoms with van der Waals surface area (Å²) in [7, 11) is 0. The van der Waals surface area contributed by atoms with E-state index in [2.05, 4.69) is 10.6 Å². The molecule has 0 aromatic heterocycles. The number of nitrogens with one attached hydrogen (secondary N) is 2. The highest BCUT2D eigenvalue weighted by Gasteiger charge is 2.20. The number of carboxylic acid groups (broad SMARTS) is 1. The standard InChI is InChI=1S/C29H32N2O5/c32-27(14-8-3-9-19-30-29(35)36-21-23-10-4-1-5-11-23)31-26(28(33)34)20-22-15-17-25(18-16-22)24-12-6-2-7-13-24/h1-2,4-7,10-13,15-18,26H,3,8-9,14,19-21H2,(H,30,35)(H,31,32)(H,33,34)/t26-/m0/s1. The Morgan fingerprint density at radius 3 is 2.06 bits per heavy atom. The maximum atomic E-state index is 12.3. The second-order valence-corrected chi connectivity index (χ2v) is 8.52. The van der Waals surface area contributed by atoms with Crippen molar-refractivity contribution in [1.29, 1.82) is 0 Å². The van der Waals surface area contributed by atoms with Gasteiger partial charge in [-0.25, -0.2) is 9.59 Å². The van der Waals surface area contributed by atoms with E-state index in [1.165, 1.54) is 0 Å². The van der Waals surface area contributed by atoms with E-state index in [1.807, 2.05) is 84.9 Å². The monoisotopic (exact) mass is 488 g/mol. The number of benzene rings is 3. The lowest BCUT2D eigenvalue weighted by Crippen LogP contribution is -2.42. The fraction of sp³-hybridized carbons (Fsp3) is 0.276. The van der Waals surface area contributed by atoms with Crippen molar-refractivity contribution in [2.45, 2.75) is 44.8 Å². The zero-order chi connectivity index (χ0) is 25.6.